The average molecular weight is 405 g/mol. The highest BCUT2D eigenvalue weighted by atomic mass is 16.5. The van der Waals surface area contributed by atoms with Gasteiger partial charge in [0, 0.05) is 13.2 Å². The summed E-state index contributed by atoms with van der Waals surface area (Å²) in [6, 6.07) is 9.70. The number of benzene rings is 2. The van der Waals surface area contributed by atoms with E-state index in [1.807, 2.05) is 26.0 Å². The largest absolute Gasteiger partial charge is 0.508 e. The van der Waals surface area contributed by atoms with Crippen LogP contribution in [-0.2, 0) is 4.74 Å². The van der Waals surface area contributed by atoms with Crippen LogP contribution in [0.3, 0.4) is 0 Å². The zero-order chi connectivity index (χ0) is 21.0. The molecule has 1 amide bonds. The monoisotopic (exact) mass is 405 g/mol. The van der Waals surface area contributed by atoms with Gasteiger partial charge in [-0.1, -0.05) is 12.1 Å². The molecule has 6 nitrogen and oxygen atoms in total. The van der Waals surface area contributed by atoms with Crippen molar-refractivity contribution in [3.8, 4) is 5.75 Å². The van der Waals surface area contributed by atoms with Crippen molar-refractivity contribution >= 4 is 16.9 Å². The molecule has 2 aromatic carbocycles. The van der Waals surface area contributed by atoms with E-state index >= 15 is 0 Å². The number of carbonyl (C=O) groups excluding carboxylic acids is 1. The maximum absolute atomic E-state index is 13.5. The van der Waals surface area contributed by atoms with E-state index in [2.05, 4.69) is 0 Å². The number of carbonyl (C=O) groups is 1. The summed E-state index contributed by atoms with van der Waals surface area (Å²) in [4.78, 5) is 28.6. The fourth-order valence-electron chi connectivity index (χ4n) is 4.47. The molecule has 6 heteroatoms. The van der Waals surface area contributed by atoms with Gasteiger partial charge in [-0.2, -0.15) is 0 Å². The lowest BCUT2D eigenvalue weighted by Gasteiger charge is -2.27. The zero-order valence-electron chi connectivity index (χ0n) is 17.0. The van der Waals surface area contributed by atoms with E-state index < -0.39 is 6.04 Å². The number of hydrogen-bond acceptors (Lipinski definition) is 5. The Morgan fingerprint density at radius 3 is 2.53 bits per heavy atom. The minimum atomic E-state index is -0.570. The van der Waals surface area contributed by atoms with Crippen LogP contribution in [0.15, 0.2) is 45.6 Å². The SMILES string of the molecule is Cc1cc2oc3c(c(=O)c2cc1C)C(c1ccc(O)cc1)N(CC1CCCO1)C3=O. The highest BCUT2D eigenvalue weighted by molar-refractivity contribution is 5.99. The van der Waals surface area contributed by atoms with Crippen LogP contribution in [0.5, 0.6) is 5.75 Å². The van der Waals surface area contributed by atoms with Crippen molar-refractivity contribution in [3.63, 3.8) is 0 Å². The smallest absolute Gasteiger partial charge is 0.291 e. The molecule has 2 aliphatic rings. The fraction of sp³-hybridized carbons (Fsp3) is 0.333. The molecule has 0 bridgehead atoms. The highest BCUT2D eigenvalue weighted by Crippen LogP contribution is 2.39. The molecule has 2 unspecified atom stereocenters. The lowest BCUT2D eigenvalue weighted by Crippen LogP contribution is -2.36. The Morgan fingerprint density at radius 1 is 1.10 bits per heavy atom. The summed E-state index contributed by atoms with van der Waals surface area (Å²) < 4.78 is 11.8. The molecule has 1 N–H and O–H groups in total. The third-order valence-corrected chi connectivity index (χ3v) is 6.22. The zero-order valence-corrected chi connectivity index (χ0v) is 17.0. The van der Waals surface area contributed by atoms with Gasteiger partial charge in [-0.15, -0.1) is 0 Å². The first-order valence-electron chi connectivity index (χ1n) is 10.2. The standard InChI is InChI=1S/C24H23NO5/c1-13-10-18-19(11-14(13)2)30-23-20(22(18)27)21(15-5-7-16(26)8-6-15)25(24(23)28)12-17-4-3-9-29-17/h5-8,10-11,17,21,26H,3-4,9,12H2,1-2H3. The summed E-state index contributed by atoms with van der Waals surface area (Å²) >= 11 is 0. The van der Waals surface area contributed by atoms with Gasteiger partial charge in [0.1, 0.15) is 11.3 Å². The Labute approximate surface area is 173 Å². The minimum absolute atomic E-state index is 0.0584. The van der Waals surface area contributed by atoms with Crippen LogP contribution in [-0.4, -0.2) is 35.2 Å². The summed E-state index contributed by atoms with van der Waals surface area (Å²) in [6.07, 6.45) is 1.78. The lowest BCUT2D eigenvalue weighted by molar-refractivity contribution is 0.0486. The van der Waals surface area contributed by atoms with Crippen molar-refractivity contribution in [3.05, 3.63) is 74.6 Å². The lowest BCUT2D eigenvalue weighted by atomic mass is 9.97. The van der Waals surface area contributed by atoms with E-state index in [0.717, 1.165) is 29.5 Å². The van der Waals surface area contributed by atoms with E-state index in [4.69, 9.17) is 9.15 Å². The topological polar surface area (TPSA) is 80.0 Å². The Hall–Kier alpha value is -3.12. The molecule has 3 aromatic rings. The first-order valence-corrected chi connectivity index (χ1v) is 10.2. The minimum Gasteiger partial charge on any atom is -0.508 e. The number of phenolic OH excluding ortho intramolecular Hbond substituents is 1. The number of ether oxygens (including phenoxy) is 1. The van der Waals surface area contributed by atoms with Gasteiger partial charge in [0.2, 0.25) is 5.76 Å². The second-order valence-corrected chi connectivity index (χ2v) is 8.19. The van der Waals surface area contributed by atoms with Gasteiger partial charge < -0.3 is 19.2 Å². The molecule has 0 radical (unpaired) electrons. The number of rotatable bonds is 3. The molecule has 0 spiro atoms. The average Bonchev–Trinajstić information content (AvgIpc) is 3.33. The van der Waals surface area contributed by atoms with E-state index in [-0.39, 0.29) is 28.9 Å². The number of nitrogens with zero attached hydrogens (tertiary/aromatic N) is 1. The first kappa shape index (κ1) is 18.9. The van der Waals surface area contributed by atoms with Gasteiger partial charge in [-0.3, -0.25) is 9.59 Å². The third-order valence-electron chi connectivity index (χ3n) is 6.22. The van der Waals surface area contributed by atoms with Gasteiger partial charge in [0.15, 0.2) is 5.43 Å². The second-order valence-electron chi connectivity index (χ2n) is 8.19. The Morgan fingerprint density at radius 2 is 1.83 bits per heavy atom. The van der Waals surface area contributed by atoms with E-state index in [9.17, 15) is 14.7 Å². The number of amides is 1. The molecule has 2 atom stereocenters. The molecule has 154 valence electrons. The van der Waals surface area contributed by atoms with Crippen LogP contribution in [0.2, 0.25) is 0 Å². The number of hydrogen-bond donors (Lipinski definition) is 1. The molecular formula is C24H23NO5. The van der Waals surface area contributed by atoms with Gasteiger partial charge in [0.05, 0.1) is 23.1 Å². The number of phenols is 1. The molecular weight excluding hydrogens is 382 g/mol. The molecule has 1 aromatic heterocycles. The van der Waals surface area contributed by atoms with E-state index in [0.29, 0.717) is 29.7 Å². The first-order chi connectivity index (χ1) is 14.4. The Balaban J connectivity index is 1.72. The molecule has 0 aliphatic carbocycles. The molecule has 3 heterocycles. The van der Waals surface area contributed by atoms with Crippen LogP contribution in [0.4, 0.5) is 0 Å². The molecule has 1 fully saturated rings. The fourth-order valence-corrected chi connectivity index (χ4v) is 4.47. The van der Waals surface area contributed by atoms with Gasteiger partial charge in [-0.25, -0.2) is 0 Å². The summed E-state index contributed by atoms with van der Waals surface area (Å²) in [5.41, 5.74) is 3.36. The molecule has 5 rings (SSSR count). The van der Waals surface area contributed by atoms with Crippen LogP contribution >= 0.6 is 0 Å². The maximum atomic E-state index is 13.5. The number of fused-ring (bicyclic) bond motifs is 2. The molecule has 0 saturated carbocycles. The van der Waals surface area contributed by atoms with Crippen molar-refractivity contribution in [2.75, 3.05) is 13.2 Å². The van der Waals surface area contributed by atoms with Crippen LogP contribution in [0.25, 0.3) is 11.0 Å². The summed E-state index contributed by atoms with van der Waals surface area (Å²) in [5.74, 6) is -0.0618. The summed E-state index contributed by atoms with van der Waals surface area (Å²) in [7, 11) is 0. The van der Waals surface area contributed by atoms with Crippen molar-refractivity contribution < 1.29 is 19.1 Å². The quantitative estimate of drug-likeness (QED) is 0.716. The van der Waals surface area contributed by atoms with Crippen molar-refractivity contribution in [1.29, 1.82) is 0 Å². The third kappa shape index (κ3) is 2.91. The normalized spacial score (nSPS) is 20.9. The summed E-state index contributed by atoms with van der Waals surface area (Å²) in [6.45, 7) is 4.98. The highest BCUT2D eigenvalue weighted by Gasteiger charge is 2.43. The Bertz CT molecular complexity index is 1200. The van der Waals surface area contributed by atoms with Gasteiger partial charge in [-0.05, 0) is 67.6 Å². The van der Waals surface area contributed by atoms with Gasteiger partial charge in [0.25, 0.3) is 5.91 Å². The molecule has 1 saturated heterocycles. The number of aromatic hydroxyl groups is 1. The van der Waals surface area contributed by atoms with Crippen molar-refractivity contribution in [2.45, 2.75) is 38.8 Å². The molecule has 2 aliphatic heterocycles. The van der Waals surface area contributed by atoms with E-state index in [1.54, 1.807) is 29.2 Å². The van der Waals surface area contributed by atoms with Crippen LogP contribution < -0.4 is 5.43 Å². The molecule has 30 heavy (non-hydrogen) atoms. The number of aryl methyl sites for hydroxylation is 2. The van der Waals surface area contributed by atoms with Crippen LogP contribution in [0.1, 0.15) is 51.7 Å². The van der Waals surface area contributed by atoms with Gasteiger partial charge >= 0.3 is 0 Å². The van der Waals surface area contributed by atoms with Crippen molar-refractivity contribution in [1.82, 2.24) is 4.90 Å². The van der Waals surface area contributed by atoms with Crippen LogP contribution in [0, 0.1) is 13.8 Å². The Kier molecular flexibility index (Phi) is 4.40. The summed E-state index contributed by atoms with van der Waals surface area (Å²) in [5, 5.41) is 10.2. The predicted octanol–water partition coefficient (Wildman–Crippen LogP) is 3.84. The second kappa shape index (κ2) is 6.99. The predicted molar refractivity (Wildman–Crippen MR) is 112 cm³/mol. The maximum Gasteiger partial charge on any atom is 0.291 e. The van der Waals surface area contributed by atoms with E-state index in [1.165, 1.54) is 0 Å². The van der Waals surface area contributed by atoms with Crippen molar-refractivity contribution in [2.24, 2.45) is 0 Å².